The maximum atomic E-state index is 12.9. The highest BCUT2D eigenvalue weighted by Gasteiger charge is 2.45. The number of hydrogen-bond acceptors (Lipinski definition) is 5. The zero-order chi connectivity index (χ0) is 20.0. The lowest BCUT2D eigenvalue weighted by Crippen LogP contribution is -2.50. The lowest BCUT2D eigenvalue weighted by Gasteiger charge is -2.41. The second-order valence-electron chi connectivity index (χ2n) is 7.89. The summed E-state index contributed by atoms with van der Waals surface area (Å²) >= 11 is 1.59. The minimum absolute atomic E-state index is 0.0481. The van der Waals surface area contributed by atoms with Crippen molar-refractivity contribution in [1.29, 1.82) is 0 Å². The van der Waals surface area contributed by atoms with E-state index in [1.54, 1.807) is 11.8 Å². The molecule has 0 amide bonds. The van der Waals surface area contributed by atoms with Crippen LogP contribution in [0.25, 0.3) is 0 Å². The predicted molar refractivity (Wildman–Crippen MR) is 111 cm³/mol. The summed E-state index contributed by atoms with van der Waals surface area (Å²) in [6.45, 7) is 9.96. The highest BCUT2D eigenvalue weighted by molar-refractivity contribution is 7.98. The SMILES string of the molecule is C=C1C(=O)O[C@H]2C[C@@H]1C(=O)C/C(C)=C/CC/C(C)=C/CCC2(C)OCSC. The molecule has 5 heteroatoms. The van der Waals surface area contributed by atoms with Gasteiger partial charge in [-0.15, -0.1) is 11.8 Å². The van der Waals surface area contributed by atoms with Gasteiger partial charge in [-0.3, -0.25) is 4.79 Å². The summed E-state index contributed by atoms with van der Waals surface area (Å²) in [7, 11) is 0. The molecule has 0 aromatic rings. The van der Waals surface area contributed by atoms with Gasteiger partial charge in [-0.05, 0) is 52.7 Å². The van der Waals surface area contributed by atoms with E-state index in [9.17, 15) is 9.59 Å². The highest BCUT2D eigenvalue weighted by Crippen LogP contribution is 2.37. The second kappa shape index (κ2) is 9.74. The molecule has 4 nitrogen and oxygen atoms in total. The van der Waals surface area contributed by atoms with Crippen molar-refractivity contribution in [2.24, 2.45) is 5.92 Å². The topological polar surface area (TPSA) is 52.6 Å². The van der Waals surface area contributed by atoms with E-state index < -0.39 is 23.6 Å². The molecule has 1 aliphatic carbocycles. The number of rotatable bonds is 3. The Balaban J connectivity index is 2.35. The van der Waals surface area contributed by atoms with Crippen molar-refractivity contribution in [1.82, 2.24) is 0 Å². The Morgan fingerprint density at radius 2 is 1.96 bits per heavy atom. The van der Waals surface area contributed by atoms with Gasteiger partial charge in [0.05, 0.1) is 11.9 Å². The molecule has 0 aromatic carbocycles. The maximum absolute atomic E-state index is 12.9. The van der Waals surface area contributed by atoms with Gasteiger partial charge in [0.2, 0.25) is 0 Å². The van der Waals surface area contributed by atoms with E-state index in [-0.39, 0.29) is 11.4 Å². The number of allylic oxidation sites excluding steroid dienone is 4. The van der Waals surface area contributed by atoms with Gasteiger partial charge < -0.3 is 9.47 Å². The number of fused-ring (bicyclic) bond motifs is 2. The molecular formula is C22H32O4S. The fourth-order valence-electron chi connectivity index (χ4n) is 3.69. The fraction of sp³-hybridized carbons (Fsp3) is 0.636. The van der Waals surface area contributed by atoms with Gasteiger partial charge in [0.25, 0.3) is 0 Å². The maximum Gasteiger partial charge on any atom is 0.334 e. The number of esters is 1. The molecule has 0 saturated carbocycles. The largest absolute Gasteiger partial charge is 0.456 e. The molecule has 1 unspecified atom stereocenters. The van der Waals surface area contributed by atoms with E-state index in [2.05, 4.69) is 25.7 Å². The molecule has 1 fully saturated rings. The molecule has 2 rings (SSSR count). The van der Waals surface area contributed by atoms with E-state index in [0.717, 1.165) is 31.3 Å². The lowest BCUT2D eigenvalue weighted by molar-refractivity contribution is -0.175. The average molecular weight is 393 g/mol. The summed E-state index contributed by atoms with van der Waals surface area (Å²) in [5.41, 5.74) is 2.04. The van der Waals surface area contributed by atoms with E-state index in [1.165, 1.54) is 5.57 Å². The lowest BCUT2D eigenvalue weighted by atomic mass is 9.79. The normalized spacial score (nSPS) is 34.7. The highest BCUT2D eigenvalue weighted by atomic mass is 32.2. The Labute approximate surface area is 167 Å². The van der Waals surface area contributed by atoms with E-state index in [4.69, 9.17) is 9.47 Å². The number of ketones is 1. The Morgan fingerprint density at radius 1 is 1.26 bits per heavy atom. The van der Waals surface area contributed by atoms with E-state index >= 15 is 0 Å². The van der Waals surface area contributed by atoms with Crippen LogP contribution in [0.15, 0.2) is 35.5 Å². The first-order valence-corrected chi connectivity index (χ1v) is 11.0. The van der Waals surface area contributed by atoms with Crippen LogP contribution >= 0.6 is 11.8 Å². The smallest absolute Gasteiger partial charge is 0.334 e. The van der Waals surface area contributed by atoms with Gasteiger partial charge in [-0.25, -0.2) is 4.79 Å². The van der Waals surface area contributed by atoms with Crippen LogP contribution in [0.1, 0.15) is 59.3 Å². The van der Waals surface area contributed by atoms with Gasteiger partial charge in [0.1, 0.15) is 17.5 Å². The number of Topliss-reactive ketones (excluding diaryl/α,β-unsaturated/α-hetero) is 1. The molecule has 0 spiro atoms. The van der Waals surface area contributed by atoms with Crippen molar-refractivity contribution < 1.29 is 19.1 Å². The van der Waals surface area contributed by atoms with E-state index in [1.807, 2.05) is 20.1 Å². The van der Waals surface area contributed by atoms with Gasteiger partial charge >= 0.3 is 5.97 Å². The summed E-state index contributed by atoms with van der Waals surface area (Å²) in [5, 5.41) is 0. The molecule has 2 aliphatic rings. The molecule has 0 radical (unpaired) electrons. The van der Waals surface area contributed by atoms with Gasteiger partial charge in [0, 0.05) is 18.4 Å². The minimum atomic E-state index is -0.621. The molecule has 150 valence electrons. The number of thioether (sulfide) groups is 1. The molecule has 1 aliphatic heterocycles. The first-order chi connectivity index (χ1) is 12.8. The van der Waals surface area contributed by atoms with Crippen molar-refractivity contribution >= 4 is 23.5 Å². The standard InChI is InChI=1S/C22H32O4S/c1-15-8-6-9-16(2)12-19(23)18-13-20(26-21(24)17(18)3)22(4,11-7-10-15)25-14-27-5/h9-10,18,20H,3,6-8,11-14H2,1-2,4-5H3/b15-10+,16-9+/t18-,20-,22?/m0/s1. The molecular weight excluding hydrogens is 360 g/mol. The fourth-order valence-corrected chi connectivity index (χ4v) is 4.08. The Morgan fingerprint density at radius 3 is 2.67 bits per heavy atom. The Hall–Kier alpha value is -1.33. The summed E-state index contributed by atoms with van der Waals surface area (Å²) in [6, 6.07) is 0. The average Bonchev–Trinajstić information content (AvgIpc) is 2.61. The first-order valence-electron chi connectivity index (χ1n) is 9.63. The van der Waals surface area contributed by atoms with Crippen molar-refractivity contribution in [3.8, 4) is 0 Å². The molecule has 1 heterocycles. The third-order valence-corrected chi connectivity index (χ3v) is 5.93. The van der Waals surface area contributed by atoms with E-state index in [0.29, 0.717) is 18.8 Å². The first kappa shape index (κ1) is 22.0. The van der Waals surface area contributed by atoms with Gasteiger partial charge in [-0.2, -0.15) is 0 Å². The predicted octanol–water partition coefficient (Wildman–Crippen LogP) is 5.00. The summed E-state index contributed by atoms with van der Waals surface area (Å²) in [5.74, 6) is -0.387. The number of carbonyl (C=O) groups excluding carboxylic acids is 2. The van der Waals surface area contributed by atoms with Crippen LogP contribution in [-0.4, -0.2) is 35.7 Å². The van der Waals surface area contributed by atoms with Crippen LogP contribution in [0.5, 0.6) is 0 Å². The molecule has 2 bridgehead atoms. The number of ether oxygens (including phenoxy) is 2. The van der Waals surface area contributed by atoms with Gasteiger partial charge in [-0.1, -0.05) is 29.9 Å². The monoisotopic (exact) mass is 392 g/mol. The summed E-state index contributed by atoms with van der Waals surface area (Å²) in [6.07, 6.45) is 10.2. The van der Waals surface area contributed by atoms with Crippen LogP contribution in [0.2, 0.25) is 0 Å². The van der Waals surface area contributed by atoms with Gasteiger partial charge in [0.15, 0.2) is 0 Å². The summed E-state index contributed by atoms with van der Waals surface area (Å²) < 4.78 is 11.8. The second-order valence-corrected chi connectivity index (χ2v) is 8.71. The third kappa shape index (κ3) is 5.82. The van der Waals surface area contributed by atoms with Crippen LogP contribution in [-0.2, 0) is 19.1 Å². The Kier molecular flexibility index (Phi) is 7.92. The number of carbonyl (C=O) groups is 2. The third-order valence-electron chi connectivity index (χ3n) is 5.58. The zero-order valence-electron chi connectivity index (χ0n) is 17.0. The quantitative estimate of drug-likeness (QED) is 0.293. The van der Waals surface area contributed by atoms with Crippen LogP contribution in [0.3, 0.4) is 0 Å². The molecule has 1 saturated heterocycles. The zero-order valence-corrected chi connectivity index (χ0v) is 17.8. The molecule has 3 atom stereocenters. The molecule has 0 aromatic heterocycles. The van der Waals surface area contributed by atoms with Crippen LogP contribution in [0.4, 0.5) is 0 Å². The van der Waals surface area contributed by atoms with Crippen molar-refractivity contribution in [3.63, 3.8) is 0 Å². The van der Waals surface area contributed by atoms with Crippen LogP contribution < -0.4 is 0 Å². The minimum Gasteiger partial charge on any atom is -0.456 e. The van der Waals surface area contributed by atoms with Crippen molar-refractivity contribution in [2.75, 3.05) is 12.2 Å². The van der Waals surface area contributed by atoms with Crippen molar-refractivity contribution in [2.45, 2.75) is 71.0 Å². The Bertz CT molecular complexity index is 649. The van der Waals surface area contributed by atoms with Crippen LogP contribution in [0, 0.1) is 5.92 Å². The van der Waals surface area contributed by atoms with Crippen molar-refractivity contribution in [3.05, 3.63) is 35.5 Å². The number of hydrogen-bond donors (Lipinski definition) is 0. The molecule has 27 heavy (non-hydrogen) atoms. The summed E-state index contributed by atoms with van der Waals surface area (Å²) in [4.78, 5) is 25.3. The molecule has 0 N–H and O–H groups in total.